The van der Waals surface area contributed by atoms with Gasteiger partial charge in [0.1, 0.15) is 12.1 Å². The van der Waals surface area contributed by atoms with Gasteiger partial charge < -0.3 is 10.6 Å². The van der Waals surface area contributed by atoms with Crippen LogP contribution in [0.1, 0.15) is 16.7 Å². The Morgan fingerprint density at radius 3 is 2.25 bits per heavy atom. The lowest BCUT2D eigenvalue weighted by Gasteiger charge is -2.13. The minimum Gasteiger partial charge on any atom is -0.352 e. The van der Waals surface area contributed by atoms with E-state index in [2.05, 4.69) is 25.6 Å². The molecule has 0 aliphatic carbocycles. The average Bonchev–Trinajstić information content (AvgIpc) is 3.23. The topological polar surface area (TPSA) is 67.1 Å². The molecule has 6 nitrogen and oxygen atoms in total. The SMILES string of the molecule is CN=C(NCc1ccc(C(F)(F)F)cc1)NCc1ccc(-n2ccnc2)nc1. The quantitative estimate of drug-likeness (QED) is 0.521. The van der Waals surface area contributed by atoms with Crippen molar-refractivity contribution < 1.29 is 13.2 Å². The lowest BCUT2D eigenvalue weighted by molar-refractivity contribution is -0.137. The Labute approximate surface area is 160 Å². The Balaban J connectivity index is 1.51. The highest BCUT2D eigenvalue weighted by atomic mass is 19.4. The number of rotatable bonds is 5. The first-order valence-corrected chi connectivity index (χ1v) is 8.49. The Kier molecular flexibility index (Phi) is 5.93. The van der Waals surface area contributed by atoms with Crippen molar-refractivity contribution in [3.8, 4) is 5.82 Å². The third-order valence-corrected chi connectivity index (χ3v) is 4.00. The van der Waals surface area contributed by atoms with E-state index in [1.54, 1.807) is 25.8 Å². The molecule has 28 heavy (non-hydrogen) atoms. The molecule has 0 radical (unpaired) electrons. The van der Waals surface area contributed by atoms with E-state index in [-0.39, 0.29) is 0 Å². The Morgan fingerprint density at radius 2 is 1.71 bits per heavy atom. The van der Waals surface area contributed by atoms with Gasteiger partial charge in [0.05, 0.1) is 5.56 Å². The van der Waals surface area contributed by atoms with E-state index in [9.17, 15) is 13.2 Å². The zero-order chi connectivity index (χ0) is 20.0. The van der Waals surface area contributed by atoms with E-state index < -0.39 is 11.7 Å². The molecule has 0 aliphatic rings. The van der Waals surface area contributed by atoms with E-state index in [4.69, 9.17) is 0 Å². The number of hydrogen-bond donors (Lipinski definition) is 2. The predicted octanol–water partition coefficient (Wildman–Crippen LogP) is 3.15. The van der Waals surface area contributed by atoms with Crippen LogP contribution in [0.25, 0.3) is 5.82 Å². The summed E-state index contributed by atoms with van der Waals surface area (Å²) < 4.78 is 39.6. The number of pyridine rings is 1. The molecule has 0 fully saturated rings. The first-order valence-electron chi connectivity index (χ1n) is 8.49. The van der Waals surface area contributed by atoms with Crippen LogP contribution in [-0.2, 0) is 19.3 Å². The van der Waals surface area contributed by atoms with Crippen molar-refractivity contribution in [1.29, 1.82) is 0 Å². The largest absolute Gasteiger partial charge is 0.416 e. The highest BCUT2D eigenvalue weighted by Crippen LogP contribution is 2.29. The van der Waals surface area contributed by atoms with Gasteiger partial charge in [-0.1, -0.05) is 18.2 Å². The minimum atomic E-state index is -4.33. The lowest BCUT2D eigenvalue weighted by Crippen LogP contribution is -2.36. The molecule has 0 bridgehead atoms. The average molecular weight is 388 g/mol. The van der Waals surface area contributed by atoms with Crippen molar-refractivity contribution >= 4 is 5.96 Å². The monoisotopic (exact) mass is 388 g/mol. The molecule has 0 spiro atoms. The van der Waals surface area contributed by atoms with Crippen molar-refractivity contribution in [2.45, 2.75) is 19.3 Å². The van der Waals surface area contributed by atoms with Gasteiger partial charge in [0, 0.05) is 38.7 Å². The molecule has 2 heterocycles. The number of nitrogens with one attached hydrogen (secondary N) is 2. The summed E-state index contributed by atoms with van der Waals surface area (Å²) >= 11 is 0. The molecule has 1 aromatic carbocycles. The van der Waals surface area contributed by atoms with E-state index >= 15 is 0 Å². The molecule has 3 aromatic rings. The maximum atomic E-state index is 12.6. The van der Waals surface area contributed by atoms with Gasteiger partial charge in [0.15, 0.2) is 5.96 Å². The van der Waals surface area contributed by atoms with Crippen LogP contribution in [0.4, 0.5) is 13.2 Å². The van der Waals surface area contributed by atoms with Gasteiger partial charge in [0.2, 0.25) is 0 Å². The molecule has 0 saturated heterocycles. The van der Waals surface area contributed by atoms with Crippen molar-refractivity contribution in [3.63, 3.8) is 0 Å². The summed E-state index contributed by atoms with van der Waals surface area (Å²) in [5, 5.41) is 6.22. The van der Waals surface area contributed by atoms with Crippen molar-refractivity contribution in [2.24, 2.45) is 4.99 Å². The predicted molar refractivity (Wildman–Crippen MR) is 99.8 cm³/mol. The fraction of sp³-hybridized carbons (Fsp3) is 0.211. The molecular weight excluding hydrogens is 369 g/mol. The van der Waals surface area contributed by atoms with Gasteiger partial charge in [-0.05, 0) is 29.3 Å². The Morgan fingerprint density at radius 1 is 1.04 bits per heavy atom. The van der Waals surface area contributed by atoms with Crippen molar-refractivity contribution in [2.75, 3.05) is 7.05 Å². The van der Waals surface area contributed by atoms with Gasteiger partial charge in [0.25, 0.3) is 0 Å². The molecule has 2 aromatic heterocycles. The summed E-state index contributed by atoms with van der Waals surface area (Å²) in [6, 6.07) is 8.86. The summed E-state index contributed by atoms with van der Waals surface area (Å²) in [5.74, 6) is 1.31. The number of imidazole rings is 1. The van der Waals surface area contributed by atoms with Gasteiger partial charge in [-0.25, -0.2) is 9.97 Å². The van der Waals surface area contributed by atoms with Gasteiger partial charge in [-0.2, -0.15) is 13.2 Å². The maximum Gasteiger partial charge on any atom is 0.416 e. The molecule has 0 unspecified atom stereocenters. The maximum absolute atomic E-state index is 12.6. The number of guanidine groups is 1. The summed E-state index contributed by atoms with van der Waals surface area (Å²) in [6.07, 6.45) is 2.60. The Bertz CT molecular complexity index is 900. The van der Waals surface area contributed by atoms with Crippen LogP contribution in [0.15, 0.2) is 66.3 Å². The second-order valence-electron chi connectivity index (χ2n) is 5.97. The highest BCUT2D eigenvalue weighted by Gasteiger charge is 2.29. The van der Waals surface area contributed by atoms with E-state index in [0.717, 1.165) is 29.1 Å². The summed E-state index contributed by atoms with van der Waals surface area (Å²) in [6.45, 7) is 0.861. The molecule has 0 amide bonds. The zero-order valence-corrected chi connectivity index (χ0v) is 15.1. The third kappa shape index (κ3) is 5.09. The summed E-state index contributed by atoms with van der Waals surface area (Å²) in [7, 11) is 1.63. The zero-order valence-electron chi connectivity index (χ0n) is 15.1. The van der Waals surface area contributed by atoms with Crippen LogP contribution in [0.3, 0.4) is 0 Å². The molecule has 9 heteroatoms. The third-order valence-electron chi connectivity index (χ3n) is 4.00. The smallest absolute Gasteiger partial charge is 0.352 e. The number of hydrogen-bond acceptors (Lipinski definition) is 3. The first-order chi connectivity index (χ1) is 13.5. The van der Waals surface area contributed by atoms with Crippen LogP contribution in [0.5, 0.6) is 0 Å². The minimum absolute atomic E-state index is 0.357. The molecule has 2 N–H and O–H groups in total. The normalized spacial score (nSPS) is 12.1. The van der Waals surface area contributed by atoms with Crippen LogP contribution < -0.4 is 10.6 Å². The van der Waals surface area contributed by atoms with E-state index in [0.29, 0.717) is 19.0 Å². The Hall–Kier alpha value is -3.36. The molecule has 0 atom stereocenters. The summed E-state index contributed by atoms with van der Waals surface area (Å²) in [4.78, 5) is 12.5. The number of aliphatic imine (C=N–C) groups is 1. The second kappa shape index (κ2) is 8.55. The fourth-order valence-electron chi connectivity index (χ4n) is 2.47. The van der Waals surface area contributed by atoms with Crippen LogP contribution in [0.2, 0.25) is 0 Å². The van der Waals surface area contributed by atoms with Crippen LogP contribution >= 0.6 is 0 Å². The molecule has 0 aliphatic heterocycles. The molecule has 146 valence electrons. The number of benzene rings is 1. The number of aromatic nitrogens is 3. The van der Waals surface area contributed by atoms with Gasteiger partial charge >= 0.3 is 6.18 Å². The first kappa shape index (κ1) is 19.4. The number of alkyl halides is 3. The van der Waals surface area contributed by atoms with Crippen LogP contribution in [0, 0.1) is 0 Å². The molecular formula is C19H19F3N6. The molecule has 0 saturated carbocycles. The number of nitrogens with zero attached hydrogens (tertiary/aromatic N) is 4. The van der Waals surface area contributed by atoms with Gasteiger partial charge in [-0.3, -0.25) is 9.56 Å². The van der Waals surface area contributed by atoms with E-state index in [1.807, 2.05) is 22.9 Å². The summed E-state index contributed by atoms with van der Waals surface area (Å²) in [5.41, 5.74) is 1.02. The second-order valence-corrected chi connectivity index (χ2v) is 5.97. The van der Waals surface area contributed by atoms with Gasteiger partial charge in [-0.15, -0.1) is 0 Å². The lowest BCUT2D eigenvalue weighted by atomic mass is 10.1. The van der Waals surface area contributed by atoms with Crippen LogP contribution in [-0.4, -0.2) is 27.5 Å². The van der Waals surface area contributed by atoms with Crippen molar-refractivity contribution in [3.05, 3.63) is 78.0 Å². The molecule has 3 rings (SSSR count). The standard InChI is InChI=1S/C19H19F3N6/c1-23-18(26-10-14-2-5-16(6-3-14)19(20,21)22)27-12-15-4-7-17(25-11-15)28-9-8-24-13-28/h2-9,11,13H,10,12H2,1H3,(H2,23,26,27). The fourth-order valence-corrected chi connectivity index (χ4v) is 2.47. The van der Waals surface area contributed by atoms with E-state index in [1.165, 1.54) is 12.1 Å². The highest BCUT2D eigenvalue weighted by molar-refractivity contribution is 5.79. The number of halogens is 3. The van der Waals surface area contributed by atoms with Crippen molar-refractivity contribution in [1.82, 2.24) is 25.2 Å².